The third-order valence-electron chi connectivity index (χ3n) is 2.97. The molecule has 1 rings (SSSR count). The Bertz CT molecular complexity index is 232. The van der Waals surface area contributed by atoms with Crippen LogP contribution < -0.4 is 5.32 Å². The van der Waals surface area contributed by atoms with Gasteiger partial charge in [0.1, 0.15) is 0 Å². The summed E-state index contributed by atoms with van der Waals surface area (Å²) >= 11 is 0. The number of nitrogens with zero attached hydrogens (tertiary/aromatic N) is 1. The van der Waals surface area contributed by atoms with Crippen molar-refractivity contribution in [2.75, 3.05) is 46.0 Å². The van der Waals surface area contributed by atoms with E-state index < -0.39 is 0 Å². The lowest BCUT2D eigenvalue weighted by Gasteiger charge is -2.20. The molecule has 0 saturated carbocycles. The van der Waals surface area contributed by atoms with E-state index in [9.17, 15) is 4.79 Å². The van der Waals surface area contributed by atoms with Crippen molar-refractivity contribution in [1.82, 2.24) is 10.2 Å². The van der Waals surface area contributed by atoms with E-state index in [2.05, 4.69) is 5.32 Å². The second-order valence-corrected chi connectivity index (χ2v) is 4.52. The molecule has 1 fully saturated rings. The SMILES string of the molecule is O=C(CN(CCO)CCCO)NCC1CCCO1. The molecule has 1 aliphatic rings. The van der Waals surface area contributed by atoms with Crippen LogP contribution in [0.3, 0.4) is 0 Å². The second-order valence-electron chi connectivity index (χ2n) is 4.52. The highest BCUT2D eigenvalue weighted by Crippen LogP contribution is 2.10. The largest absolute Gasteiger partial charge is 0.396 e. The summed E-state index contributed by atoms with van der Waals surface area (Å²) in [5.74, 6) is -0.0584. The molecule has 18 heavy (non-hydrogen) atoms. The van der Waals surface area contributed by atoms with E-state index in [0.29, 0.717) is 26.1 Å². The van der Waals surface area contributed by atoms with Gasteiger partial charge in [-0.25, -0.2) is 0 Å². The zero-order valence-corrected chi connectivity index (χ0v) is 10.8. The number of hydrogen-bond acceptors (Lipinski definition) is 5. The molecule has 1 saturated heterocycles. The van der Waals surface area contributed by atoms with Gasteiger partial charge in [-0.1, -0.05) is 0 Å². The lowest BCUT2D eigenvalue weighted by molar-refractivity contribution is -0.122. The molecular weight excluding hydrogens is 236 g/mol. The lowest BCUT2D eigenvalue weighted by atomic mass is 10.2. The van der Waals surface area contributed by atoms with Crippen LogP contribution in [0.4, 0.5) is 0 Å². The number of amides is 1. The molecule has 1 amide bonds. The van der Waals surface area contributed by atoms with E-state index in [1.807, 2.05) is 4.90 Å². The second kappa shape index (κ2) is 9.27. The fourth-order valence-electron chi connectivity index (χ4n) is 2.00. The first kappa shape index (κ1) is 15.4. The molecule has 0 aliphatic carbocycles. The van der Waals surface area contributed by atoms with Crippen molar-refractivity contribution in [2.24, 2.45) is 0 Å². The third-order valence-corrected chi connectivity index (χ3v) is 2.97. The summed E-state index contributed by atoms with van der Waals surface area (Å²) in [5, 5.41) is 20.5. The van der Waals surface area contributed by atoms with Crippen LogP contribution in [0.2, 0.25) is 0 Å². The molecular formula is C12H24N2O4. The summed E-state index contributed by atoms with van der Waals surface area (Å²) in [6.45, 7) is 2.79. The Hall–Kier alpha value is -0.690. The van der Waals surface area contributed by atoms with Crippen LogP contribution in [0.25, 0.3) is 0 Å². The molecule has 0 aromatic rings. The first-order chi connectivity index (χ1) is 8.76. The van der Waals surface area contributed by atoms with Gasteiger partial charge in [0, 0.05) is 32.8 Å². The average molecular weight is 260 g/mol. The van der Waals surface area contributed by atoms with Crippen LogP contribution >= 0.6 is 0 Å². The van der Waals surface area contributed by atoms with Gasteiger partial charge in [0.05, 0.1) is 19.3 Å². The maximum absolute atomic E-state index is 11.7. The molecule has 1 unspecified atom stereocenters. The molecule has 6 heteroatoms. The van der Waals surface area contributed by atoms with Crippen LogP contribution in [0.5, 0.6) is 0 Å². The van der Waals surface area contributed by atoms with Crippen LogP contribution in [0.15, 0.2) is 0 Å². The summed E-state index contributed by atoms with van der Waals surface area (Å²) in [4.78, 5) is 13.5. The monoisotopic (exact) mass is 260 g/mol. The molecule has 1 aliphatic heterocycles. The minimum atomic E-state index is -0.0584. The Kier molecular flexibility index (Phi) is 7.91. The number of aliphatic hydroxyl groups is 2. The Morgan fingerprint density at radius 1 is 1.33 bits per heavy atom. The minimum Gasteiger partial charge on any atom is -0.396 e. The van der Waals surface area contributed by atoms with E-state index in [1.54, 1.807) is 0 Å². The molecule has 1 atom stereocenters. The first-order valence-corrected chi connectivity index (χ1v) is 6.58. The van der Waals surface area contributed by atoms with Crippen molar-refractivity contribution < 1.29 is 19.7 Å². The van der Waals surface area contributed by atoms with E-state index in [-0.39, 0.29) is 31.8 Å². The molecule has 0 bridgehead atoms. The number of carbonyl (C=O) groups is 1. The summed E-state index contributed by atoms with van der Waals surface area (Å²) in [6.07, 6.45) is 2.83. The molecule has 1 heterocycles. The summed E-state index contributed by atoms with van der Waals surface area (Å²) in [6, 6.07) is 0. The van der Waals surface area contributed by atoms with Crippen LogP contribution in [0, 0.1) is 0 Å². The summed E-state index contributed by atoms with van der Waals surface area (Å²) in [7, 11) is 0. The van der Waals surface area contributed by atoms with Gasteiger partial charge in [-0.2, -0.15) is 0 Å². The van der Waals surface area contributed by atoms with Crippen LogP contribution in [-0.2, 0) is 9.53 Å². The van der Waals surface area contributed by atoms with E-state index >= 15 is 0 Å². The zero-order valence-electron chi connectivity index (χ0n) is 10.8. The molecule has 106 valence electrons. The lowest BCUT2D eigenvalue weighted by Crippen LogP contribution is -2.41. The highest BCUT2D eigenvalue weighted by Gasteiger charge is 2.17. The van der Waals surface area contributed by atoms with Gasteiger partial charge >= 0.3 is 0 Å². The molecule has 6 nitrogen and oxygen atoms in total. The normalized spacial score (nSPS) is 19.4. The number of aliphatic hydroxyl groups excluding tert-OH is 2. The van der Waals surface area contributed by atoms with Gasteiger partial charge < -0.3 is 20.3 Å². The predicted molar refractivity (Wildman–Crippen MR) is 67.2 cm³/mol. The van der Waals surface area contributed by atoms with E-state index in [1.165, 1.54) is 0 Å². The van der Waals surface area contributed by atoms with Gasteiger partial charge in [-0.05, 0) is 19.3 Å². The van der Waals surface area contributed by atoms with E-state index in [4.69, 9.17) is 14.9 Å². The third kappa shape index (κ3) is 6.30. The van der Waals surface area contributed by atoms with Crippen molar-refractivity contribution in [3.63, 3.8) is 0 Å². The smallest absolute Gasteiger partial charge is 0.234 e. The van der Waals surface area contributed by atoms with E-state index in [0.717, 1.165) is 19.4 Å². The summed E-state index contributed by atoms with van der Waals surface area (Å²) in [5.41, 5.74) is 0. The van der Waals surface area contributed by atoms with Gasteiger partial charge in [-0.15, -0.1) is 0 Å². The highest BCUT2D eigenvalue weighted by molar-refractivity contribution is 5.78. The Morgan fingerprint density at radius 3 is 2.78 bits per heavy atom. The zero-order chi connectivity index (χ0) is 13.2. The molecule has 0 aromatic heterocycles. The predicted octanol–water partition coefficient (Wildman–Crippen LogP) is -1.04. The van der Waals surface area contributed by atoms with Crippen LogP contribution in [-0.4, -0.2) is 73.1 Å². The fraction of sp³-hybridized carbons (Fsp3) is 0.917. The van der Waals surface area contributed by atoms with Crippen molar-refractivity contribution in [2.45, 2.75) is 25.4 Å². The van der Waals surface area contributed by atoms with Gasteiger partial charge in [-0.3, -0.25) is 9.69 Å². The fourth-order valence-corrected chi connectivity index (χ4v) is 2.00. The number of carbonyl (C=O) groups excluding carboxylic acids is 1. The number of ether oxygens (including phenoxy) is 1. The van der Waals surface area contributed by atoms with Crippen molar-refractivity contribution in [3.05, 3.63) is 0 Å². The topological polar surface area (TPSA) is 82.0 Å². The van der Waals surface area contributed by atoms with Crippen molar-refractivity contribution in [3.8, 4) is 0 Å². The Balaban J connectivity index is 2.17. The minimum absolute atomic E-state index is 0.0183. The number of nitrogens with one attached hydrogen (secondary N) is 1. The van der Waals surface area contributed by atoms with Gasteiger partial charge in [0.25, 0.3) is 0 Å². The molecule has 0 aromatic carbocycles. The number of hydrogen-bond donors (Lipinski definition) is 3. The standard InChI is InChI=1S/C12H24N2O4/c15-6-2-4-14(5-7-16)10-12(17)13-9-11-3-1-8-18-11/h11,15-16H,1-10H2,(H,13,17). The van der Waals surface area contributed by atoms with Crippen LogP contribution in [0.1, 0.15) is 19.3 Å². The first-order valence-electron chi connectivity index (χ1n) is 6.58. The summed E-state index contributed by atoms with van der Waals surface area (Å²) < 4.78 is 5.42. The van der Waals surface area contributed by atoms with Gasteiger partial charge in [0.15, 0.2) is 0 Å². The molecule has 0 radical (unpaired) electrons. The molecule has 0 spiro atoms. The number of rotatable bonds is 9. The van der Waals surface area contributed by atoms with Crippen molar-refractivity contribution in [1.29, 1.82) is 0 Å². The Labute approximate surface area is 108 Å². The van der Waals surface area contributed by atoms with Crippen molar-refractivity contribution >= 4 is 5.91 Å². The maximum Gasteiger partial charge on any atom is 0.234 e. The quantitative estimate of drug-likeness (QED) is 0.493. The Morgan fingerprint density at radius 2 is 2.17 bits per heavy atom. The average Bonchev–Trinajstić information content (AvgIpc) is 2.87. The van der Waals surface area contributed by atoms with Gasteiger partial charge in [0.2, 0.25) is 5.91 Å². The highest BCUT2D eigenvalue weighted by atomic mass is 16.5. The maximum atomic E-state index is 11.7. The molecule has 3 N–H and O–H groups in total.